The monoisotopic (exact) mass is 343 g/mol. The molecular weight excluding hydrogens is 318 g/mol. The van der Waals surface area contributed by atoms with Gasteiger partial charge in [-0.15, -0.1) is 0 Å². The number of hydrogen-bond acceptors (Lipinski definition) is 6. The number of nitrogens with two attached hydrogens (primary N) is 1. The van der Waals surface area contributed by atoms with Crippen LogP contribution in [0.2, 0.25) is 25.7 Å². The third kappa shape index (κ3) is 4.58. The molecule has 0 saturated carbocycles. The van der Waals surface area contributed by atoms with E-state index in [1.165, 1.54) is 10.6 Å². The van der Waals surface area contributed by atoms with Crippen molar-refractivity contribution < 1.29 is 9.84 Å². The van der Waals surface area contributed by atoms with Gasteiger partial charge < -0.3 is 15.6 Å². The van der Waals surface area contributed by atoms with Crippen molar-refractivity contribution in [1.82, 2.24) is 9.55 Å². The number of nitrogens with zero attached hydrogens (tertiary/aromatic N) is 2. The number of aliphatic hydroxyl groups excluding tert-OH is 1. The van der Waals surface area contributed by atoms with Crippen molar-refractivity contribution in [2.45, 2.75) is 49.7 Å². The van der Waals surface area contributed by atoms with E-state index in [0.717, 1.165) is 5.75 Å². The molecule has 1 saturated heterocycles. The largest absolute Gasteiger partial charge is 0.394 e. The zero-order valence-corrected chi connectivity index (χ0v) is 15.2. The van der Waals surface area contributed by atoms with Crippen LogP contribution in [0.4, 0.5) is 5.82 Å². The minimum Gasteiger partial charge on any atom is -0.394 e. The SMILES string of the molecule is C[Si](C)(C)CCS[C@@H]1C[C@H](n2ccc(N)nc2=O)O[C@@H]1CO. The first-order chi connectivity index (χ1) is 10.3. The molecule has 1 aliphatic heterocycles. The summed E-state index contributed by atoms with van der Waals surface area (Å²) < 4.78 is 7.29. The van der Waals surface area contributed by atoms with E-state index in [0.29, 0.717) is 6.42 Å². The molecule has 6 nitrogen and oxygen atoms in total. The van der Waals surface area contributed by atoms with Crippen molar-refractivity contribution in [3.63, 3.8) is 0 Å². The summed E-state index contributed by atoms with van der Waals surface area (Å²) in [5.74, 6) is 1.28. The van der Waals surface area contributed by atoms with Crippen molar-refractivity contribution in [1.29, 1.82) is 0 Å². The van der Waals surface area contributed by atoms with E-state index in [1.807, 2.05) is 11.8 Å². The van der Waals surface area contributed by atoms with E-state index < -0.39 is 13.8 Å². The van der Waals surface area contributed by atoms with Crippen LogP contribution >= 0.6 is 11.8 Å². The van der Waals surface area contributed by atoms with Gasteiger partial charge in [-0.3, -0.25) is 4.57 Å². The number of thioether (sulfide) groups is 1. The highest BCUT2D eigenvalue weighted by Gasteiger charge is 2.36. The van der Waals surface area contributed by atoms with Gasteiger partial charge in [0.1, 0.15) is 12.0 Å². The minimum absolute atomic E-state index is 0.0295. The minimum atomic E-state index is -1.06. The average Bonchev–Trinajstić information content (AvgIpc) is 2.80. The summed E-state index contributed by atoms with van der Waals surface area (Å²) in [7, 11) is -1.06. The molecule has 0 aliphatic carbocycles. The lowest BCUT2D eigenvalue weighted by Gasteiger charge is -2.19. The molecule has 0 unspecified atom stereocenters. The zero-order chi connectivity index (χ0) is 16.3. The molecule has 1 aromatic rings. The molecule has 124 valence electrons. The first kappa shape index (κ1) is 17.5. The maximum atomic E-state index is 11.9. The lowest BCUT2D eigenvalue weighted by molar-refractivity contribution is -0.0236. The van der Waals surface area contributed by atoms with Gasteiger partial charge in [0.25, 0.3) is 0 Å². The van der Waals surface area contributed by atoms with Gasteiger partial charge in [-0.05, 0) is 17.9 Å². The molecule has 1 fully saturated rings. The van der Waals surface area contributed by atoms with E-state index in [9.17, 15) is 9.90 Å². The Kier molecular flexibility index (Phi) is 5.70. The van der Waals surface area contributed by atoms with Crippen LogP contribution in [0.3, 0.4) is 0 Å². The zero-order valence-electron chi connectivity index (χ0n) is 13.4. The summed E-state index contributed by atoms with van der Waals surface area (Å²) in [6.07, 6.45) is 1.70. The van der Waals surface area contributed by atoms with Crippen molar-refractivity contribution in [2.24, 2.45) is 0 Å². The topological polar surface area (TPSA) is 90.4 Å². The molecule has 3 atom stereocenters. The fraction of sp³-hybridized carbons (Fsp3) is 0.714. The molecule has 2 heterocycles. The molecular formula is C14H25N3O3SSi. The first-order valence-electron chi connectivity index (χ1n) is 7.53. The Morgan fingerprint density at radius 3 is 2.86 bits per heavy atom. The Morgan fingerprint density at radius 2 is 2.27 bits per heavy atom. The Balaban J connectivity index is 2.01. The standard InChI is InChI=1S/C14H25N3O3SSi/c1-22(2,3)7-6-21-11-8-13(20-10(11)9-18)17-5-4-12(15)16-14(17)19/h4-5,10-11,13,18H,6-9H2,1-3H3,(H2,15,16,19)/t10-,11-,13-/m1/s1. The molecule has 8 heteroatoms. The van der Waals surface area contributed by atoms with Crippen LogP contribution in [-0.4, -0.2) is 46.4 Å². The van der Waals surface area contributed by atoms with Gasteiger partial charge in [-0.25, -0.2) is 4.79 Å². The number of ether oxygens (including phenoxy) is 1. The number of anilines is 1. The summed E-state index contributed by atoms with van der Waals surface area (Å²) in [5.41, 5.74) is 5.10. The Morgan fingerprint density at radius 1 is 1.55 bits per heavy atom. The molecule has 0 spiro atoms. The molecule has 2 rings (SSSR count). The number of aromatic nitrogens is 2. The molecule has 1 aromatic heterocycles. The Bertz CT molecular complexity index is 561. The predicted molar refractivity (Wildman–Crippen MR) is 92.9 cm³/mol. The van der Waals surface area contributed by atoms with Crippen LogP contribution < -0.4 is 11.4 Å². The van der Waals surface area contributed by atoms with Gasteiger partial charge in [-0.2, -0.15) is 16.7 Å². The van der Waals surface area contributed by atoms with Crippen LogP contribution in [0.15, 0.2) is 17.1 Å². The molecule has 0 aromatic carbocycles. The second kappa shape index (κ2) is 7.16. The first-order valence-corrected chi connectivity index (χ1v) is 12.3. The van der Waals surface area contributed by atoms with E-state index in [1.54, 1.807) is 12.3 Å². The van der Waals surface area contributed by atoms with Gasteiger partial charge in [0.2, 0.25) is 0 Å². The van der Waals surface area contributed by atoms with Gasteiger partial charge in [0.05, 0.1) is 12.7 Å². The second-order valence-corrected chi connectivity index (χ2v) is 13.8. The van der Waals surface area contributed by atoms with Gasteiger partial charge in [-0.1, -0.05) is 19.6 Å². The highest BCUT2D eigenvalue weighted by atomic mass is 32.2. The smallest absolute Gasteiger partial charge is 0.351 e. The highest BCUT2D eigenvalue weighted by Crippen LogP contribution is 2.36. The highest BCUT2D eigenvalue weighted by molar-refractivity contribution is 8.00. The average molecular weight is 344 g/mol. The number of aliphatic hydroxyl groups is 1. The van der Waals surface area contributed by atoms with Crippen LogP contribution in [0.1, 0.15) is 12.6 Å². The molecule has 1 aliphatic rings. The van der Waals surface area contributed by atoms with Crippen molar-refractivity contribution >= 4 is 25.7 Å². The van der Waals surface area contributed by atoms with Crippen LogP contribution in [0.25, 0.3) is 0 Å². The number of hydrogen-bond donors (Lipinski definition) is 2. The Hall–Kier alpha value is -0.833. The Labute approximate surface area is 136 Å². The maximum absolute atomic E-state index is 11.9. The predicted octanol–water partition coefficient (Wildman–Crippen LogP) is 1.55. The van der Waals surface area contributed by atoms with Crippen LogP contribution in [-0.2, 0) is 4.74 Å². The molecule has 0 amide bonds. The van der Waals surface area contributed by atoms with E-state index in [-0.39, 0.29) is 30.0 Å². The summed E-state index contributed by atoms with van der Waals surface area (Å²) in [4.78, 5) is 15.6. The van der Waals surface area contributed by atoms with Crippen LogP contribution in [0.5, 0.6) is 0 Å². The lowest BCUT2D eigenvalue weighted by atomic mass is 10.2. The van der Waals surface area contributed by atoms with Gasteiger partial charge in [0.15, 0.2) is 0 Å². The second-order valence-electron chi connectivity index (χ2n) is 6.81. The van der Waals surface area contributed by atoms with Crippen molar-refractivity contribution in [2.75, 3.05) is 18.1 Å². The van der Waals surface area contributed by atoms with Gasteiger partial charge >= 0.3 is 5.69 Å². The number of rotatable bonds is 6. The van der Waals surface area contributed by atoms with Gasteiger partial charge in [0, 0.05) is 25.9 Å². The van der Waals surface area contributed by atoms with Crippen molar-refractivity contribution in [3.05, 3.63) is 22.7 Å². The third-order valence-corrected chi connectivity index (χ3v) is 7.18. The summed E-state index contributed by atoms with van der Waals surface area (Å²) in [6, 6.07) is 2.82. The van der Waals surface area contributed by atoms with E-state index in [2.05, 4.69) is 24.6 Å². The lowest BCUT2D eigenvalue weighted by Crippen LogP contribution is -2.27. The molecule has 22 heavy (non-hydrogen) atoms. The van der Waals surface area contributed by atoms with E-state index in [4.69, 9.17) is 10.5 Å². The fourth-order valence-electron chi connectivity index (χ4n) is 2.37. The molecule has 0 radical (unpaired) electrons. The van der Waals surface area contributed by atoms with Crippen molar-refractivity contribution in [3.8, 4) is 0 Å². The van der Waals surface area contributed by atoms with E-state index >= 15 is 0 Å². The quantitative estimate of drug-likeness (QED) is 0.762. The summed E-state index contributed by atoms with van der Waals surface area (Å²) in [6.45, 7) is 7.03. The maximum Gasteiger partial charge on any atom is 0.351 e. The normalized spacial score (nSPS) is 25.5. The third-order valence-electron chi connectivity index (χ3n) is 3.71. The molecule has 3 N–H and O–H groups in total. The summed E-state index contributed by atoms with van der Waals surface area (Å²) >= 11 is 1.84. The molecule has 0 bridgehead atoms. The fourth-order valence-corrected chi connectivity index (χ4v) is 6.26. The summed E-state index contributed by atoms with van der Waals surface area (Å²) in [5, 5.41) is 9.73. The number of nitrogen functional groups attached to an aromatic ring is 1. The van der Waals surface area contributed by atoms with Crippen LogP contribution in [0, 0.1) is 0 Å².